The molecule has 4 nitrogen and oxygen atoms in total. The molecule has 0 radical (unpaired) electrons. The van der Waals surface area contributed by atoms with Gasteiger partial charge < -0.3 is 14.6 Å². The summed E-state index contributed by atoms with van der Waals surface area (Å²) in [5, 5.41) is 9.44. The van der Waals surface area contributed by atoms with Gasteiger partial charge in [-0.25, -0.2) is 0 Å². The topological polar surface area (TPSA) is 55.8 Å². The molecule has 1 aromatic carbocycles. The summed E-state index contributed by atoms with van der Waals surface area (Å²) in [5.41, 5.74) is 0.888. The number of carbonyl (C=O) groups excluding carboxylic acids is 1. The van der Waals surface area contributed by atoms with Crippen LogP contribution in [0.4, 0.5) is 0 Å². The molecule has 0 fully saturated rings. The highest BCUT2D eigenvalue weighted by Crippen LogP contribution is 2.36. The van der Waals surface area contributed by atoms with Crippen molar-refractivity contribution >= 4 is 5.97 Å². The van der Waals surface area contributed by atoms with E-state index in [1.807, 2.05) is 0 Å². The molecule has 74 valence electrons. The number of rotatable bonds is 1. The van der Waals surface area contributed by atoms with E-state index in [0.717, 1.165) is 5.56 Å². The van der Waals surface area contributed by atoms with Crippen LogP contribution in [0.3, 0.4) is 0 Å². The lowest BCUT2D eigenvalue weighted by Crippen LogP contribution is -2.15. The van der Waals surface area contributed by atoms with Crippen molar-refractivity contribution in [1.82, 2.24) is 0 Å². The third kappa shape index (κ3) is 1.39. The maximum Gasteiger partial charge on any atom is 0.311 e. The first-order chi connectivity index (χ1) is 6.70. The first kappa shape index (κ1) is 8.87. The van der Waals surface area contributed by atoms with E-state index in [1.54, 1.807) is 6.07 Å². The molecule has 0 spiro atoms. The molecule has 14 heavy (non-hydrogen) atoms. The van der Waals surface area contributed by atoms with Gasteiger partial charge in [-0.15, -0.1) is 0 Å². The summed E-state index contributed by atoms with van der Waals surface area (Å²) in [5.74, 6) is 0.560. The average molecular weight is 194 g/mol. The van der Waals surface area contributed by atoms with Crippen molar-refractivity contribution in [3.05, 3.63) is 17.7 Å². The minimum absolute atomic E-state index is 0.0130. The van der Waals surface area contributed by atoms with Gasteiger partial charge in [0.25, 0.3) is 0 Å². The van der Waals surface area contributed by atoms with Gasteiger partial charge in [0.2, 0.25) is 0 Å². The second-order valence-corrected chi connectivity index (χ2v) is 3.11. The summed E-state index contributed by atoms with van der Waals surface area (Å²) in [7, 11) is 1.48. The fourth-order valence-electron chi connectivity index (χ4n) is 1.46. The average Bonchev–Trinajstić information content (AvgIpc) is 2.16. The Morgan fingerprint density at radius 2 is 2.21 bits per heavy atom. The number of esters is 1. The zero-order valence-electron chi connectivity index (χ0n) is 7.74. The number of aryl methyl sites for hydroxylation is 1. The Bertz CT molecular complexity index is 384. The van der Waals surface area contributed by atoms with Gasteiger partial charge in [0.1, 0.15) is 5.75 Å². The van der Waals surface area contributed by atoms with Crippen molar-refractivity contribution < 1.29 is 19.4 Å². The molecule has 4 heteroatoms. The van der Waals surface area contributed by atoms with E-state index < -0.39 is 0 Å². The SMILES string of the molecule is COc1cc2c(cc1O)OC(=O)CC2. The first-order valence-corrected chi connectivity index (χ1v) is 4.31. The molecule has 0 aliphatic carbocycles. The molecular weight excluding hydrogens is 184 g/mol. The molecule has 1 N–H and O–H groups in total. The largest absolute Gasteiger partial charge is 0.504 e. The third-order valence-corrected chi connectivity index (χ3v) is 2.18. The van der Waals surface area contributed by atoms with E-state index >= 15 is 0 Å². The van der Waals surface area contributed by atoms with Crippen LogP contribution in [0.25, 0.3) is 0 Å². The predicted molar refractivity (Wildman–Crippen MR) is 48.6 cm³/mol. The Morgan fingerprint density at radius 3 is 2.93 bits per heavy atom. The van der Waals surface area contributed by atoms with E-state index in [4.69, 9.17) is 9.47 Å². The summed E-state index contributed by atoms with van der Waals surface area (Å²) in [4.78, 5) is 11.0. The maximum atomic E-state index is 11.0. The van der Waals surface area contributed by atoms with Gasteiger partial charge in [0, 0.05) is 6.07 Å². The van der Waals surface area contributed by atoms with Crippen LogP contribution in [0.1, 0.15) is 12.0 Å². The van der Waals surface area contributed by atoms with Crippen molar-refractivity contribution in [2.75, 3.05) is 7.11 Å². The van der Waals surface area contributed by atoms with Gasteiger partial charge in [-0.2, -0.15) is 0 Å². The lowest BCUT2D eigenvalue weighted by atomic mass is 10.1. The third-order valence-electron chi connectivity index (χ3n) is 2.18. The highest BCUT2D eigenvalue weighted by molar-refractivity contribution is 5.76. The first-order valence-electron chi connectivity index (χ1n) is 4.31. The summed E-state index contributed by atoms with van der Waals surface area (Å²) in [6, 6.07) is 3.10. The minimum atomic E-state index is -0.262. The normalized spacial score (nSPS) is 14.5. The number of ether oxygens (including phenoxy) is 2. The van der Waals surface area contributed by atoms with Gasteiger partial charge in [0.05, 0.1) is 13.5 Å². The molecule has 0 bridgehead atoms. The monoisotopic (exact) mass is 194 g/mol. The lowest BCUT2D eigenvalue weighted by Gasteiger charge is -2.16. The van der Waals surface area contributed by atoms with Gasteiger partial charge in [-0.1, -0.05) is 0 Å². The number of carbonyl (C=O) groups is 1. The Balaban J connectivity index is 2.45. The molecule has 0 aromatic heterocycles. The Hall–Kier alpha value is -1.71. The number of phenols is 1. The van der Waals surface area contributed by atoms with E-state index in [2.05, 4.69) is 0 Å². The summed E-state index contributed by atoms with van der Waals surface area (Å²) in [6.45, 7) is 0. The summed E-state index contributed by atoms with van der Waals surface area (Å²) in [6.07, 6.45) is 1.01. The Morgan fingerprint density at radius 1 is 1.43 bits per heavy atom. The number of fused-ring (bicyclic) bond motifs is 1. The number of methoxy groups -OCH3 is 1. The Labute approximate surface area is 81.1 Å². The van der Waals surface area contributed by atoms with E-state index in [-0.39, 0.29) is 11.7 Å². The van der Waals surface area contributed by atoms with Crippen LogP contribution < -0.4 is 9.47 Å². The molecule has 1 aliphatic heterocycles. The van der Waals surface area contributed by atoms with Crippen molar-refractivity contribution in [1.29, 1.82) is 0 Å². The molecular formula is C10H10O4. The molecule has 0 amide bonds. The smallest absolute Gasteiger partial charge is 0.311 e. The summed E-state index contributed by atoms with van der Waals surface area (Å²) >= 11 is 0. The standard InChI is InChI=1S/C10H10O4/c1-13-9-4-6-2-3-10(12)14-8(6)5-7(9)11/h4-5,11H,2-3H2,1H3. The van der Waals surface area contributed by atoms with Gasteiger partial charge in [-0.05, 0) is 18.1 Å². The number of benzene rings is 1. The maximum absolute atomic E-state index is 11.0. The van der Waals surface area contributed by atoms with Crippen LogP contribution in [-0.2, 0) is 11.2 Å². The fourth-order valence-corrected chi connectivity index (χ4v) is 1.46. The van der Waals surface area contributed by atoms with Crippen molar-refractivity contribution in [2.24, 2.45) is 0 Å². The number of hydrogen-bond donors (Lipinski definition) is 1. The molecule has 0 unspecified atom stereocenters. The quantitative estimate of drug-likeness (QED) is 0.540. The van der Waals surface area contributed by atoms with Crippen molar-refractivity contribution in [3.8, 4) is 17.2 Å². The predicted octanol–water partition coefficient (Wildman–Crippen LogP) is 1.25. The second kappa shape index (κ2) is 3.21. The molecule has 0 saturated heterocycles. The van der Waals surface area contributed by atoms with E-state index in [1.165, 1.54) is 13.2 Å². The molecule has 0 saturated carbocycles. The summed E-state index contributed by atoms with van der Waals surface area (Å²) < 4.78 is 9.91. The Kier molecular flexibility index (Phi) is 2.04. The van der Waals surface area contributed by atoms with Crippen LogP contribution in [0.5, 0.6) is 17.2 Å². The molecule has 1 heterocycles. The van der Waals surface area contributed by atoms with Crippen molar-refractivity contribution in [3.63, 3.8) is 0 Å². The zero-order valence-corrected chi connectivity index (χ0v) is 7.74. The van der Waals surface area contributed by atoms with Crippen LogP contribution in [0.2, 0.25) is 0 Å². The molecule has 0 atom stereocenters. The number of hydrogen-bond acceptors (Lipinski definition) is 4. The highest BCUT2D eigenvalue weighted by atomic mass is 16.5. The second-order valence-electron chi connectivity index (χ2n) is 3.11. The lowest BCUT2D eigenvalue weighted by molar-refractivity contribution is -0.135. The number of phenolic OH excluding ortho intramolecular Hbond substituents is 1. The van der Waals surface area contributed by atoms with Crippen LogP contribution in [0.15, 0.2) is 12.1 Å². The van der Waals surface area contributed by atoms with Gasteiger partial charge >= 0.3 is 5.97 Å². The van der Waals surface area contributed by atoms with Crippen LogP contribution in [0, 0.1) is 0 Å². The highest BCUT2D eigenvalue weighted by Gasteiger charge is 2.19. The zero-order chi connectivity index (χ0) is 10.1. The van der Waals surface area contributed by atoms with Crippen LogP contribution >= 0.6 is 0 Å². The van der Waals surface area contributed by atoms with E-state index in [0.29, 0.717) is 24.3 Å². The molecule has 1 aliphatic rings. The molecule has 1 aromatic rings. The van der Waals surface area contributed by atoms with Crippen molar-refractivity contribution in [2.45, 2.75) is 12.8 Å². The van der Waals surface area contributed by atoms with Gasteiger partial charge in [0.15, 0.2) is 11.5 Å². The minimum Gasteiger partial charge on any atom is -0.504 e. The number of aromatic hydroxyl groups is 1. The van der Waals surface area contributed by atoms with E-state index in [9.17, 15) is 9.90 Å². The molecule has 2 rings (SSSR count). The van der Waals surface area contributed by atoms with Crippen LogP contribution in [-0.4, -0.2) is 18.2 Å². The fraction of sp³-hybridized carbons (Fsp3) is 0.300. The van der Waals surface area contributed by atoms with Gasteiger partial charge in [-0.3, -0.25) is 4.79 Å².